The lowest BCUT2D eigenvalue weighted by Gasteiger charge is -2.17. The van der Waals surface area contributed by atoms with E-state index in [4.69, 9.17) is 9.47 Å². The largest absolute Gasteiger partial charge is 0.497 e. The van der Waals surface area contributed by atoms with Crippen LogP contribution < -0.4 is 20.1 Å². The Hall–Kier alpha value is -2.28. The monoisotopic (exact) mass is 349 g/mol. The summed E-state index contributed by atoms with van der Waals surface area (Å²) < 4.78 is 10.4. The van der Waals surface area contributed by atoms with E-state index in [0.717, 1.165) is 13.0 Å². The molecule has 138 valence electrons. The van der Waals surface area contributed by atoms with Gasteiger partial charge in [0, 0.05) is 12.6 Å². The maximum atomic E-state index is 12.7. The van der Waals surface area contributed by atoms with Crippen LogP contribution in [-0.2, 0) is 9.59 Å². The Morgan fingerprint density at radius 1 is 1.16 bits per heavy atom. The van der Waals surface area contributed by atoms with E-state index in [0.29, 0.717) is 36.6 Å². The van der Waals surface area contributed by atoms with Crippen LogP contribution in [0.3, 0.4) is 0 Å². The van der Waals surface area contributed by atoms with Gasteiger partial charge in [0.15, 0.2) is 0 Å². The number of hydrogen-bond acceptors (Lipinski definition) is 5. The van der Waals surface area contributed by atoms with Crippen molar-refractivity contribution in [3.05, 3.63) is 18.2 Å². The van der Waals surface area contributed by atoms with Gasteiger partial charge in [0.2, 0.25) is 11.8 Å². The van der Waals surface area contributed by atoms with E-state index in [2.05, 4.69) is 15.5 Å². The molecule has 1 fully saturated rings. The van der Waals surface area contributed by atoms with Gasteiger partial charge in [-0.15, -0.1) is 0 Å². The summed E-state index contributed by atoms with van der Waals surface area (Å²) in [6.45, 7) is 1.45. The van der Waals surface area contributed by atoms with Gasteiger partial charge in [0.05, 0.1) is 19.9 Å². The van der Waals surface area contributed by atoms with Gasteiger partial charge >= 0.3 is 0 Å². The molecule has 0 atom stereocenters. The normalized spacial score (nSPS) is 14.8. The first-order valence-electron chi connectivity index (χ1n) is 8.39. The minimum absolute atomic E-state index is 0.203. The number of ether oxygens (including phenoxy) is 2. The van der Waals surface area contributed by atoms with Crippen molar-refractivity contribution in [2.75, 3.05) is 46.7 Å². The summed E-state index contributed by atoms with van der Waals surface area (Å²) in [5.41, 5.74) is -0.467. The van der Waals surface area contributed by atoms with E-state index < -0.39 is 5.41 Å². The summed E-state index contributed by atoms with van der Waals surface area (Å²) in [5.74, 6) is 0.625. The molecule has 2 amide bonds. The number of rotatable bonds is 9. The van der Waals surface area contributed by atoms with Crippen molar-refractivity contribution in [2.24, 2.45) is 5.41 Å². The minimum atomic E-state index is -0.966. The highest BCUT2D eigenvalue weighted by Crippen LogP contribution is 2.47. The third-order valence-corrected chi connectivity index (χ3v) is 4.34. The van der Waals surface area contributed by atoms with Crippen LogP contribution in [0.25, 0.3) is 0 Å². The summed E-state index contributed by atoms with van der Waals surface area (Å²) in [4.78, 5) is 27.2. The van der Waals surface area contributed by atoms with Crippen molar-refractivity contribution in [3.8, 4) is 11.5 Å². The molecule has 0 aromatic heterocycles. The van der Waals surface area contributed by atoms with Gasteiger partial charge in [-0.1, -0.05) is 0 Å². The molecule has 1 aliphatic carbocycles. The van der Waals surface area contributed by atoms with Crippen LogP contribution in [0.4, 0.5) is 5.69 Å². The number of carbonyl (C=O) groups is 2. The molecule has 2 rings (SSSR count). The lowest BCUT2D eigenvalue weighted by molar-refractivity contribution is -0.134. The number of nitrogens with zero attached hydrogens (tertiary/aromatic N) is 1. The van der Waals surface area contributed by atoms with E-state index in [1.54, 1.807) is 25.3 Å². The molecule has 0 heterocycles. The van der Waals surface area contributed by atoms with E-state index >= 15 is 0 Å². The average molecular weight is 349 g/mol. The fourth-order valence-corrected chi connectivity index (χ4v) is 2.60. The number of nitrogens with one attached hydrogen (secondary N) is 2. The molecule has 0 radical (unpaired) electrons. The number of hydrogen-bond donors (Lipinski definition) is 2. The quantitative estimate of drug-likeness (QED) is 0.522. The smallest absolute Gasteiger partial charge is 0.240 e. The van der Waals surface area contributed by atoms with E-state index in [9.17, 15) is 9.59 Å². The maximum absolute atomic E-state index is 12.7. The molecule has 0 aliphatic heterocycles. The maximum Gasteiger partial charge on any atom is 0.240 e. The zero-order chi connectivity index (χ0) is 18.4. The molecule has 1 aliphatic rings. The van der Waals surface area contributed by atoms with Gasteiger partial charge in [-0.05, 0) is 52.0 Å². The number of anilines is 1. The molecule has 1 saturated carbocycles. The van der Waals surface area contributed by atoms with Crippen LogP contribution in [0.15, 0.2) is 18.2 Å². The van der Waals surface area contributed by atoms with Crippen LogP contribution in [0.2, 0.25) is 0 Å². The summed E-state index contributed by atoms with van der Waals surface area (Å²) in [6, 6.07) is 5.15. The van der Waals surface area contributed by atoms with E-state index in [1.165, 1.54) is 7.11 Å². The predicted octanol–water partition coefficient (Wildman–Crippen LogP) is 1.49. The fourth-order valence-electron chi connectivity index (χ4n) is 2.60. The SMILES string of the molecule is COc1ccc(OC)c(NC(=O)C2(C(=O)NCCCN(C)C)CC2)c1. The lowest BCUT2D eigenvalue weighted by Crippen LogP contribution is -2.40. The highest BCUT2D eigenvalue weighted by Gasteiger charge is 2.56. The number of benzene rings is 1. The molecule has 0 saturated heterocycles. The first-order chi connectivity index (χ1) is 11.9. The molecular weight excluding hydrogens is 322 g/mol. The molecule has 2 N–H and O–H groups in total. The van der Waals surface area contributed by atoms with Crippen LogP contribution in [0.1, 0.15) is 19.3 Å². The Labute approximate surface area is 148 Å². The highest BCUT2D eigenvalue weighted by molar-refractivity contribution is 6.13. The second-order valence-electron chi connectivity index (χ2n) is 6.52. The molecule has 0 spiro atoms. The average Bonchev–Trinajstić information content (AvgIpc) is 3.40. The van der Waals surface area contributed by atoms with Gasteiger partial charge in [-0.2, -0.15) is 0 Å². The third-order valence-electron chi connectivity index (χ3n) is 4.34. The van der Waals surface area contributed by atoms with Gasteiger partial charge in [0.25, 0.3) is 0 Å². The third kappa shape index (κ3) is 4.63. The van der Waals surface area contributed by atoms with Crippen LogP contribution >= 0.6 is 0 Å². The minimum Gasteiger partial charge on any atom is -0.497 e. The molecule has 0 bridgehead atoms. The Morgan fingerprint density at radius 3 is 2.44 bits per heavy atom. The van der Waals surface area contributed by atoms with Crippen LogP contribution in [-0.4, -0.2) is 58.1 Å². The topological polar surface area (TPSA) is 79.9 Å². The molecule has 0 unspecified atom stereocenters. The number of carbonyl (C=O) groups excluding carboxylic acids is 2. The molecule has 1 aromatic rings. The Balaban J connectivity index is 1.99. The second-order valence-corrected chi connectivity index (χ2v) is 6.52. The van der Waals surface area contributed by atoms with Gasteiger partial charge in [0.1, 0.15) is 16.9 Å². The van der Waals surface area contributed by atoms with Crippen molar-refractivity contribution in [3.63, 3.8) is 0 Å². The summed E-state index contributed by atoms with van der Waals surface area (Å²) in [7, 11) is 7.05. The fraction of sp³-hybridized carbons (Fsp3) is 0.556. The molecule has 7 nitrogen and oxygen atoms in total. The molecular formula is C18H27N3O4. The van der Waals surface area contributed by atoms with Crippen molar-refractivity contribution in [1.29, 1.82) is 0 Å². The zero-order valence-electron chi connectivity index (χ0n) is 15.3. The summed E-state index contributed by atoms with van der Waals surface area (Å²) in [5, 5.41) is 5.69. The van der Waals surface area contributed by atoms with E-state index in [1.807, 2.05) is 14.1 Å². The van der Waals surface area contributed by atoms with Crippen molar-refractivity contribution < 1.29 is 19.1 Å². The van der Waals surface area contributed by atoms with Gasteiger partial charge < -0.3 is 25.0 Å². The Morgan fingerprint density at radius 2 is 1.88 bits per heavy atom. The van der Waals surface area contributed by atoms with Crippen molar-refractivity contribution in [1.82, 2.24) is 10.2 Å². The zero-order valence-corrected chi connectivity index (χ0v) is 15.3. The Bertz CT molecular complexity index is 627. The molecule has 25 heavy (non-hydrogen) atoms. The lowest BCUT2D eigenvalue weighted by atomic mass is 10.0. The van der Waals surface area contributed by atoms with Crippen molar-refractivity contribution in [2.45, 2.75) is 19.3 Å². The first-order valence-corrected chi connectivity index (χ1v) is 8.39. The van der Waals surface area contributed by atoms with E-state index in [-0.39, 0.29) is 11.8 Å². The first kappa shape index (κ1) is 19.1. The van der Waals surface area contributed by atoms with Crippen molar-refractivity contribution >= 4 is 17.5 Å². The van der Waals surface area contributed by atoms with Crippen LogP contribution in [0.5, 0.6) is 11.5 Å². The molecule has 1 aromatic carbocycles. The molecule has 7 heteroatoms. The second kappa shape index (κ2) is 8.20. The standard InChI is InChI=1S/C18H27N3O4/c1-21(2)11-5-10-19-16(22)18(8-9-18)17(23)20-14-12-13(24-3)6-7-15(14)25-4/h6-7,12H,5,8-11H2,1-4H3,(H,19,22)(H,20,23). The Kier molecular flexibility index (Phi) is 6.25. The van der Waals surface area contributed by atoms with Gasteiger partial charge in [-0.25, -0.2) is 0 Å². The summed E-state index contributed by atoms with van der Waals surface area (Å²) in [6.07, 6.45) is 1.97. The summed E-state index contributed by atoms with van der Waals surface area (Å²) >= 11 is 0. The number of amides is 2. The highest BCUT2D eigenvalue weighted by atomic mass is 16.5. The number of methoxy groups -OCH3 is 2. The van der Waals surface area contributed by atoms with Gasteiger partial charge in [-0.3, -0.25) is 9.59 Å². The van der Waals surface area contributed by atoms with Crippen LogP contribution in [0, 0.1) is 5.41 Å². The predicted molar refractivity (Wildman–Crippen MR) is 96.0 cm³/mol.